The minimum atomic E-state index is -0.451. The summed E-state index contributed by atoms with van der Waals surface area (Å²) in [5.41, 5.74) is 2.72. The van der Waals surface area contributed by atoms with Crippen LogP contribution < -0.4 is 5.32 Å². The van der Waals surface area contributed by atoms with E-state index in [2.05, 4.69) is 12.2 Å². The molecule has 21 heavy (non-hydrogen) atoms. The van der Waals surface area contributed by atoms with Crippen LogP contribution >= 0.6 is 0 Å². The van der Waals surface area contributed by atoms with Gasteiger partial charge in [0.25, 0.3) is 5.91 Å². The van der Waals surface area contributed by atoms with E-state index in [4.69, 9.17) is 0 Å². The van der Waals surface area contributed by atoms with Crippen LogP contribution in [0.25, 0.3) is 0 Å². The first-order chi connectivity index (χ1) is 10.2. The van der Waals surface area contributed by atoms with E-state index in [0.717, 1.165) is 48.9 Å². The quantitative estimate of drug-likeness (QED) is 0.751. The predicted octanol–water partition coefficient (Wildman–Crippen LogP) is 3.76. The lowest BCUT2D eigenvalue weighted by molar-refractivity contribution is 0.0955. The maximum atomic E-state index is 12.0. The average Bonchev–Trinajstić information content (AvgIpc) is 2.68. The Kier molecular flexibility index (Phi) is 6.24. The summed E-state index contributed by atoms with van der Waals surface area (Å²) >= 11 is 0. The molecule has 1 unspecified atom stereocenters. The van der Waals surface area contributed by atoms with E-state index in [1.54, 1.807) is 0 Å². The molecule has 0 aromatic heterocycles. The average molecular weight is 289 g/mol. The van der Waals surface area contributed by atoms with Crippen LogP contribution in [0.5, 0.6) is 0 Å². The zero-order valence-electron chi connectivity index (χ0n) is 13.0. The Morgan fingerprint density at radius 2 is 2.05 bits per heavy atom. The summed E-state index contributed by atoms with van der Waals surface area (Å²) in [6.45, 7) is 2.94. The van der Waals surface area contributed by atoms with E-state index in [1.165, 1.54) is 25.7 Å². The molecule has 0 saturated heterocycles. The van der Waals surface area contributed by atoms with Crippen molar-refractivity contribution in [3.05, 3.63) is 34.9 Å². The Bertz CT molecular complexity index is 470. The van der Waals surface area contributed by atoms with Gasteiger partial charge in [0.1, 0.15) is 0 Å². The standard InChI is InChI=1S/C18H27NO2/c1-2-3-4-5-6-9-17(20)15-11-10-14-8-7-12-19-18(21)16(14)13-15/h10-11,13,17,20H,2-9,12H2,1H3,(H,19,21). The third-order valence-electron chi connectivity index (χ3n) is 4.25. The molecule has 1 aromatic rings. The molecule has 3 nitrogen and oxygen atoms in total. The molecule has 1 atom stereocenters. The molecule has 116 valence electrons. The lowest BCUT2D eigenvalue weighted by Gasteiger charge is -2.13. The van der Waals surface area contributed by atoms with E-state index in [1.807, 2.05) is 18.2 Å². The number of hydrogen-bond donors (Lipinski definition) is 2. The van der Waals surface area contributed by atoms with Crippen LogP contribution in [0.3, 0.4) is 0 Å². The van der Waals surface area contributed by atoms with Crippen LogP contribution in [0.2, 0.25) is 0 Å². The number of aliphatic hydroxyl groups is 1. The van der Waals surface area contributed by atoms with Gasteiger partial charge >= 0.3 is 0 Å². The van der Waals surface area contributed by atoms with Crippen LogP contribution in [-0.4, -0.2) is 17.6 Å². The van der Waals surface area contributed by atoms with Crippen LogP contribution in [0.1, 0.15) is 79.5 Å². The second kappa shape index (κ2) is 8.18. The van der Waals surface area contributed by atoms with Gasteiger partial charge in [-0.1, -0.05) is 51.2 Å². The molecule has 1 amide bonds. The fourth-order valence-electron chi connectivity index (χ4n) is 2.91. The summed E-state index contributed by atoms with van der Waals surface area (Å²) in [5.74, 6) is -0.000467. The van der Waals surface area contributed by atoms with Crippen molar-refractivity contribution in [2.45, 2.75) is 64.4 Å². The monoisotopic (exact) mass is 289 g/mol. The molecule has 1 aromatic carbocycles. The van der Waals surface area contributed by atoms with Crippen molar-refractivity contribution >= 4 is 5.91 Å². The Balaban J connectivity index is 1.95. The van der Waals surface area contributed by atoms with Crippen LogP contribution in [0.4, 0.5) is 0 Å². The Morgan fingerprint density at radius 1 is 1.24 bits per heavy atom. The van der Waals surface area contributed by atoms with Gasteiger partial charge in [0.15, 0.2) is 0 Å². The normalized spacial score (nSPS) is 16.0. The molecule has 0 bridgehead atoms. The van der Waals surface area contributed by atoms with Crippen molar-refractivity contribution in [1.29, 1.82) is 0 Å². The largest absolute Gasteiger partial charge is 0.388 e. The van der Waals surface area contributed by atoms with Gasteiger partial charge in [0.2, 0.25) is 0 Å². The number of carbonyl (C=O) groups excluding carboxylic acids is 1. The molecule has 2 N–H and O–H groups in total. The Labute approximate surface area is 127 Å². The fourth-order valence-corrected chi connectivity index (χ4v) is 2.91. The first kappa shape index (κ1) is 16.0. The van der Waals surface area contributed by atoms with Gasteiger partial charge in [0, 0.05) is 12.1 Å². The van der Waals surface area contributed by atoms with Crippen molar-refractivity contribution in [2.24, 2.45) is 0 Å². The highest BCUT2D eigenvalue weighted by Gasteiger charge is 2.17. The summed E-state index contributed by atoms with van der Waals surface area (Å²) < 4.78 is 0. The van der Waals surface area contributed by atoms with E-state index in [9.17, 15) is 9.90 Å². The Hall–Kier alpha value is -1.35. The SMILES string of the molecule is CCCCCCCC(O)c1ccc2c(c1)C(=O)NCCC2. The third kappa shape index (κ3) is 4.57. The lowest BCUT2D eigenvalue weighted by Crippen LogP contribution is -2.22. The maximum Gasteiger partial charge on any atom is 0.251 e. The topological polar surface area (TPSA) is 49.3 Å². The van der Waals surface area contributed by atoms with E-state index in [0.29, 0.717) is 0 Å². The molecule has 1 aliphatic rings. The molecule has 0 spiro atoms. The zero-order valence-corrected chi connectivity index (χ0v) is 13.0. The highest BCUT2D eigenvalue weighted by atomic mass is 16.3. The van der Waals surface area contributed by atoms with Crippen molar-refractivity contribution in [3.8, 4) is 0 Å². The summed E-state index contributed by atoms with van der Waals surface area (Å²) in [6.07, 6.45) is 8.23. The van der Waals surface area contributed by atoms with Gasteiger partial charge < -0.3 is 10.4 Å². The number of aryl methyl sites for hydroxylation is 1. The minimum Gasteiger partial charge on any atom is -0.388 e. The summed E-state index contributed by atoms with van der Waals surface area (Å²) in [5, 5.41) is 13.2. The molecular formula is C18H27NO2. The number of hydrogen-bond acceptors (Lipinski definition) is 2. The lowest BCUT2D eigenvalue weighted by atomic mass is 9.96. The van der Waals surface area contributed by atoms with Crippen LogP contribution in [0.15, 0.2) is 18.2 Å². The highest BCUT2D eigenvalue weighted by molar-refractivity contribution is 5.96. The Morgan fingerprint density at radius 3 is 2.86 bits per heavy atom. The molecule has 3 heteroatoms. The van der Waals surface area contributed by atoms with Gasteiger partial charge in [-0.3, -0.25) is 4.79 Å². The number of amides is 1. The fraction of sp³-hybridized carbons (Fsp3) is 0.611. The molecular weight excluding hydrogens is 262 g/mol. The first-order valence-electron chi connectivity index (χ1n) is 8.31. The minimum absolute atomic E-state index is 0.000467. The molecule has 1 aliphatic heterocycles. The molecule has 0 aliphatic carbocycles. The van der Waals surface area contributed by atoms with Crippen molar-refractivity contribution < 1.29 is 9.90 Å². The number of nitrogens with one attached hydrogen (secondary N) is 1. The number of rotatable bonds is 7. The van der Waals surface area contributed by atoms with Gasteiger partial charge in [-0.15, -0.1) is 0 Å². The number of aliphatic hydroxyl groups excluding tert-OH is 1. The third-order valence-corrected chi connectivity index (χ3v) is 4.25. The van der Waals surface area contributed by atoms with Crippen molar-refractivity contribution in [2.75, 3.05) is 6.54 Å². The number of unbranched alkanes of at least 4 members (excludes halogenated alkanes) is 4. The van der Waals surface area contributed by atoms with Gasteiger partial charge in [-0.05, 0) is 36.5 Å². The first-order valence-corrected chi connectivity index (χ1v) is 8.31. The van der Waals surface area contributed by atoms with Gasteiger partial charge in [-0.2, -0.15) is 0 Å². The summed E-state index contributed by atoms with van der Waals surface area (Å²) in [7, 11) is 0. The number of benzene rings is 1. The smallest absolute Gasteiger partial charge is 0.251 e. The van der Waals surface area contributed by atoms with E-state index in [-0.39, 0.29) is 5.91 Å². The maximum absolute atomic E-state index is 12.0. The molecule has 2 rings (SSSR count). The number of carbonyl (C=O) groups is 1. The predicted molar refractivity (Wildman–Crippen MR) is 85.4 cm³/mol. The van der Waals surface area contributed by atoms with Gasteiger partial charge in [0.05, 0.1) is 6.10 Å². The highest BCUT2D eigenvalue weighted by Crippen LogP contribution is 2.24. The number of fused-ring (bicyclic) bond motifs is 1. The van der Waals surface area contributed by atoms with Gasteiger partial charge in [-0.25, -0.2) is 0 Å². The second-order valence-corrected chi connectivity index (χ2v) is 5.99. The second-order valence-electron chi connectivity index (χ2n) is 5.99. The zero-order chi connectivity index (χ0) is 15.1. The van der Waals surface area contributed by atoms with Crippen molar-refractivity contribution in [1.82, 2.24) is 5.32 Å². The summed E-state index contributed by atoms with van der Waals surface area (Å²) in [6, 6.07) is 5.87. The van der Waals surface area contributed by atoms with Crippen molar-refractivity contribution in [3.63, 3.8) is 0 Å². The molecule has 0 saturated carbocycles. The molecule has 0 fully saturated rings. The van der Waals surface area contributed by atoms with E-state index < -0.39 is 6.10 Å². The van der Waals surface area contributed by atoms with E-state index >= 15 is 0 Å². The summed E-state index contributed by atoms with van der Waals surface area (Å²) in [4.78, 5) is 12.0. The molecule has 0 radical (unpaired) electrons. The van der Waals surface area contributed by atoms with Crippen LogP contribution in [0, 0.1) is 0 Å². The van der Waals surface area contributed by atoms with Crippen LogP contribution in [-0.2, 0) is 6.42 Å². The molecule has 1 heterocycles.